The molecule has 0 aliphatic carbocycles. The average molecular weight is 360 g/mol. The molecule has 0 radical (unpaired) electrons. The van der Waals surface area contributed by atoms with Crippen LogP contribution in [-0.2, 0) is 0 Å². The summed E-state index contributed by atoms with van der Waals surface area (Å²) in [5, 5.41) is 11.6. The van der Waals surface area contributed by atoms with Gasteiger partial charge in [-0.1, -0.05) is 0 Å². The molecule has 2 amide bonds. The summed E-state index contributed by atoms with van der Waals surface area (Å²) >= 11 is 0. The van der Waals surface area contributed by atoms with E-state index < -0.39 is 17.7 Å². The van der Waals surface area contributed by atoms with E-state index in [2.05, 4.69) is 5.32 Å². The third kappa shape index (κ3) is 3.74. The van der Waals surface area contributed by atoms with Crippen molar-refractivity contribution >= 4 is 17.8 Å². The lowest BCUT2D eigenvalue weighted by molar-refractivity contribution is 0.0663. The monoisotopic (exact) mass is 360 g/mol. The Morgan fingerprint density at radius 1 is 1.19 bits per heavy atom. The van der Waals surface area contributed by atoms with Crippen LogP contribution >= 0.6 is 0 Å². The van der Waals surface area contributed by atoms with Gasteiger partial charge >= 0.3 is 5.97 Å². The van der Waals surface area contributed by atoms with Gasteiger partial charge in [-0.25, -0.2) is 9.18 Å². The third-order valence-corrected chi connectivity index (χ3v) is 4.31. The highest BCUT2D eigenvalue weighted by Gasteiger charge is 2.26. The fourth-order valence-electron chi connectivity index (χ4n) is 2.88. The number of furan rings is 1. The summed E-state index contributed by atoms with van der Waals surface area (Å²) < 4.78 is 19.0. The Hall–Kier alpha value is -3.16. The summed E-state index contributed by atoms with van der Waals surface area (Å²) in [6.45, 7) is 0.899. The van der Waals surface area contributed by atoms with Crippen molar-refractivity contribution in [1.29, 1.82) is 0 Å². The van der Waals surface area contributed by atoms with Gasteiger partial charge in [-0.2, -0.15) is 0 Å². The van der Waals surface area contributed by atoms with Crippen molar-refractivity contribution in [2.75, 3.05) is 13.1 Å². The minimum atomic E-state index is -1.26. The van der Waals surface area contributed by atoms with E-state index in [1.807, 2.05) is 0 Å². The fourth-order valence-corrected chi connectivity index (χ4v) is 2.88. The molecule has 1 aromatic heterocycles. The van der Waals surface area contributed by atoms with Crippen LogP contribution in [0.1, 0.15) is 44.1 Å². The van der Waals surface area contributed by atoms with E-state index in [0.29, 0.717) is 25.9 Å². The molecule has 0 saturated carbocycles. The Morgan fingerprint density at radius 3 is 2.50 bits per heavy atom. The Labute approximate surface area is 148 Å². The Morgan fingerprint density at radius 2 is 1.92 bits per heavy atom. The van der Waals surface area contributed by atoms with E-state index in [1.165, 1.54) is 12.3 Å². The molecule has 0 spiro atoms. The number of piperidine rings is 1. The van der Waals surface area contributed by atoms with Gasteiger partial charge in [0.05, 0.1) is 17.4 Å². The van der Waals surface area contributed by atoms with Crippen LogP contribution in [0, 0.1) is 5.82 Å². The first-order valence-electron chi connectivity index (χ1n) is 8.12. The predicted molar refractivity (Wildman–Crippen MR) is 88.5 cm³/mol. The lowest BCUT2D eigenvalue weighted by Gasteiger charge is -2.31. The number of nitrogens with one attached hydrogen (secondary N) is 1. The summed E-state index contributed by atoms with van der Waals surface area (Å²) in [5.41, 5.74) is -0.423. The average Bonchev–Trinajstić information content (AvgIpc) is 3.16. The van der Waals surface area contributed by atoms with Crippen molar-refractivity contribution < 1.29 is 28.3 Å². The molecule has 0 unspecified atom stereocenters. The number of nitrogens with zero attached hydrogens (tertiary/aromatic N) is 1. The molecule has 7 nitrogen and oxygen atoms in total. The minimum absolute atomic E-state index is 0.193. The van der Waals surface area contributed by atoms with Crippen LogP contribution < -0.4 is 5.32 Å². The van der Waals surface area contributed by atoms with Crippen LogP contribution in [0.4, 0.5) is 4.39 Å². The zero-order valence-electron chi connectivity index (χ0n) is 13.8. The van der Waals surface area contributed by atoms with Gasteiger partial charge in [-0.05, 0) is 43.2 Å². The zero-order valence-corrected chi connectivity index (χ0v) is 13.8. The molecule has 1 fully saturated rings. The van der Waals surface area contributed by atoms with Gasteiger partial charge in [-0.3, -0.25) is 9.59 Å². The number of carbonyl (C=O) groups excluding carboxylic acids is 2. The lowest BCUT2D eigenvalue weighted by atomic mass is 10.0. The molecule has 3 rings (SSSR count). The summed E-state index contributed by atoms with van der Waals surface area (Å²) in [5.74, 6) is -2.67. The first-order valence-corrected chi connectivity index (χ1v) is 8.12. The number of hydrogen-bond donors (Lipinski definition) is 2. The molecule has 1 aliphatic heterocycles. The van der Waals surface area contributed by atoms with Crippen molar-refractivity contribution in [3.05, 3.63) is 59.3 Å². The largest absolute Gasteiger partial charge is 0.478 e. The Bertz CT molecular complexity index is 826. The van der Waals surface area contributed by atoms with Crippen LogP contribution in [0.15, 0.2) is 41.0 Å². The van der Waals surface area contributed by atoms with Crippen LogP contribution in [0.3, 0.4) is 0 Å². The molecule has 1 saturated heterocycles. The number of carboxylic acids is 1. The predicted octanol–water partition coefficient (Wildman–Crippen LogP) is 2.15. The molecule has 8 heteroatoms. The number of carbonyl (C=O) groups is 3. The maximum Gasteiger partial charge on any atom is 0.335 e. The molecular formula is C18H17FN2O5. The summed E-state index contributed by atoms with van der Waals surface area (Å²) in [6.07, 6.45) is 2.50. The number of aromatic carboxylic acids is 1. The highest BCUT2D eigenvalue weighted by Crippen LogP contribution is 2.16. The van der Waals surface area contributed by atoms with E-state index in [9.17, 15) is 18.8 Å². The minimum Gasteiger partial charge on any atom is -0.478 e. The second-order valence-electron chi connectivity index (χ2n) is 6.02. The van der Waals surface area contributed by atoms with Gasteiger partial charge in [0.2, 0.25) is 0 Å². The van der Waals surface area contributed by atoms with Gasteiger partial charge in [0, 0.05) is 19.1 Å². The second kappa shape index (κ2) is 7.38. The Kier molecular flexibility index (Phi) is 5.01. The number of hydrogen-bond acceptors (Lipinski definition) is 4. The number of benzene rings is 1. The van der Waals surface area contributed by atoms with Crippen molar-refractivity contribution in [3.8, 4) is 0 Å². The van der Waals surface area contributed by atoms with E-state index in [4.69, 9.17) is 9.52 Å². The van der Waals surface area contributed by atoms with E-state index >= 15 is 0 Å². The maximum atomic E-state index is 14.0. The quantitative estimate of drug-likeness (QED) is 0.870. The number of amides is 2. The SMILES string of the molecule is O=C(O)c1ccc(C(=O)NC2CCN(C(=O)c3ccco3)CC2)c(F)c1. The molecular weight excluding hydrogens is 343 g/mol. The smallest absolute Gasteiger partial charge is 0.335 e. The molecule has 1 aromatic carbocycles. The first kappa shape index (κ1) is 17.7. The van der Waals surface area contributed by atoms with Crippen molar-refractivity contribution in [2.24, 2.45) is 0 Å². The molecule has 0 bridgehead atoms. The van der Waals surface area contributed by atoms with Crippen LogP contribution in [0.5, 0.6) is 0 Å². The zero-order chi connectivity index (χ0) is 18.7. The van der Waals surface area contributed by atoms with Crippen LogP contribution in [0.2, 0.25) is 0 Å². The van der Waals surface area contributed by atoms with Crippen molar-refractivity contribution in [2.45, 2.75) is 18.9 Å². The van der Waals surface area contributed by atoms with Gasteiger partial charge in [0.15, 0.2) is 5.76 Å². The highest BCUT2D eigenvalue weighted by molar-refractivity contribution is 5.96. The number of carboxylic acid groups (broad SMARTS) is 1. The van der Waals surface area contributed by atoms with Crippen LogP contribution in [-0.4, -0.2) is 46.9 Å². The molecule has 2 aromatic rings. The van der Waals surface area contributed by atoms with E-state index in [0.717, 1.165) is 12.1 Å². The molecule has 2 N–H and O–H groups in total. The number of likely N-dealkylation sites (tertiary alicyclic amines) is 1. The standard InChI is InChI=1S/C18H17FN2O5/c19-14-10-11(18(24)25)3-4-13(14)16(22)20-12-5-7-21(8-6-12)17(23)15-2-1-9-26-15/h1-4,9-10,12H,5-8H2,(H,20,22)(H,24,25). The van der Waals surface area contributed by atoms with Gasteiger partial charge in [-0.15, -0.1) is 0 Å². The summed E-state index contributed by atoms with van der Waals surface area (Å²) in [6, 6.07) is 6.21. The Balaban J connectivity index is 1.57. The number of halogens is 1. The van der Waals surface area contributed by atoms with Gasteiger partial charge in [0.1, 0.15) is 5.82 Å². The van der Waals surface area contributed by atoms with Crippen molar-refractivity contribution in [3.63, 3.8) is 0 Å². The third-order valence-electron chi connectivity index (χ3n) is 4.31. The summed E-state index contributed by atoms with van der Waals surface area (Å²) in [4.78, 5) is 36.9. The first-order chi connectivity index (χ1) is 12.5. The van der Waals surface area contributed by atoms with E-state index in [1.54, 1.807) is 17.0 Å². The fraction of sp³-hybridized carbons (Fsp3) is 0.278. The maximum absolute atomic E-state index is 14.0. The second-order valence-corrected chi connectivity index (χ2v) is 6.02. The van der Waals surface area contributed by atoms with E-state index in [-0.39, 0.29) is 28.8 Å². The topological polar surface area (TPSA) is 99.8 Å². The molecule has 0 atom stereocenters. The van der Waals surface area contributed by atoms with Crippen molar-refractivity contribution in [1.82, 2.24) is 10.2 Å². The summed E-state index contributed by atoms with van der Waals surface area (Å²) in [7, 11) is 0. The normalized spacial score (nSPS) is 14.9. The van der Waals surface area contributed by atoms with Gasteiger partial charge in [0.25, 0.3) is 11.8 Å². The molecule has 26 heavy (non-hydrogen) atoms. The molecule has 136 valence electrons. The van der Waals surface area contributed by atoms with Crippen LogP contribution in [0.25, 0.3) is 0 Å². The number of rotatable bonds is 4. The van der Waals surface area contributed by atoms with Gasteiger partial charge < -0.3 is 19.7 Å². The lowest BCUT2D eigenvalue weighted by Crippen LogP contribution is -2.46. The molecule has 1 aliphatic rings. The highest BCUT2D eigenvalue weighted by atomic mass is 19.1. The molecule has 2 heterocycles.